The van der Waals surface area contributed by atoms with Gasteiger partial charge in [0.05, 0.1) is 0 Å². The van der Waals surface area contributed by atoms with Gasteiger partial charge < -0.3 is 15.2 Å². The van der Waals surface area contributed by atoms with Crippen LogP contribution in [0.25, 0.3) is 0 Å². The number of hydrogen-bond donors (Lipinski definition) is 1. The summed E-state index contributed by atoms with van der Waals surface area (Å²) in [6.45, 7) is 11.6. The lowest BCUT2D eigenvalue weighted by molar-refractivity contribution is -0.169. The molecule has 0 saturated heterocycles. The van der Waals surface area contributed by atoms with Crippen LogP contribution in [0.5, 0.6) is 0 Å². The molecule has 0 spiro atoms. The minimum absolute atomic E-state index is 0.0431. The molecule has 0 fully saturated rings. The Bertz CT molecular complexity index is 614. The number of carbonyl (C=O) groups excluding carboxylic acids is 2. The Morgan fingerprint density at radius 2 is 1.42 bits per heavy atom. The first-order valence-electron chi connectivity index (χ1n) is 7.72. The normalized spacial score (nSPS) is 12.2. The van der Waals surface area contributed by atoms with Crippen LogP contribution >= 0.6 is 0 Å². The third kappa shape index (κ3) is 5.51. The Hall–Kier alpha value is -2.11. The third-order valence-electron chi connectivity index (χ3n) is 2.96. The second-order valence-electron chi connectivity index (χ2n) is 7.73. The van der Waals surface area contributed by atoms with Gasteiger partial charge in [-0.2, -0.15) is 0 Å². The first-order valence-corrected chi connectivity index (χ1v) is 7.72. The van der Waals surface area contributed by atoms with Crippen molar-refractivity contribution in [2.45, 2.75) is 65.6 Å². The molecule has 1 rings (SSSR count). The zero-order chi connectivity index (χ0) is 18.9. The van der Waals surface area contributed by atoms with Gasteiger partial charge >= 0.3 is 11.9 Å². The van der Waals surface area contributed by atoms with Gasteiger partial charge in [0.25, 0.3) is 0 Å². The molecule has 6 heteroatoms. The van der Waals surface area contributed by atoms with E-state index in [1.807, 2.05) is 0 Å². The molecule has 24 heavy (non-hydrogen) atoms. The summed E-state index contributed by atoms with van der Waals surface area (Å²) in [6.07, 6.45) is 0. The Morgan fingerprint density at radius 1 is 1.00 bits per heavy atom. The zero-order valence-electron chi connectivity index (χ0n) is 15.3. The molecule has 0 saturated carbocycles. The molecule has 0 aromatic heterocycles. The lowest BCUT2D eigenvalue weighted by atomic mass is 9.95. The van der Waals surface area contributed by atoms with E-state index in [2.05, 4.69) is 0 Å². The highest BCUT2D eigenvalue weighted by atomic mass is 19.1. The van der Waals surface area contributed by atoms with E-state index < -0.39 is 34.9 Å². The highest BCUT2D eigenvalue weighted by Gasteiger charge is 2.37. The standard InChI is InChI=1S/C18H26FNO4/c1-10-8-13(20)11(9-12(10)19)14(15(21)23-17(2,3)4)16(22)24-18(5,6)7/h8-9,14H,20H2,1-7H3. The number of halogens is 1. The van der Waals surface area contributed by atoms with Gasteiger partial charge in [-0.05, 0) is 66.2 Å². The quantitative estimate of drug-likeness (QED) is 0.518. The van der Waals surface area contributed by atoms with E-state index >= 15 is 0 Å². The fourth-order valence-electron chi connectivity index (χ4n) is 2.04. The van der Waals surface area contributed by atoms with Gasteiger partial charge in [-0.25, -0.2) is 4.39 Å². The number of benzene rings is 1. The van der Waals surface area contributed by atoms with Gasteiger partial charge in [-0.3, -0.25) is 9.59 Å². The molecule has 5 nitrogen and oxygen atoms in total. The first-order chi connectivity index (χ1) is 10.7. The van der Waals surface area contributed by atoms with Crippen LogP contribution in [0.2, 0.25) is 0 Å². The highest BCUT2D eigenvalue weighted by Crippen LogP contribution is 2.30. The number of rotatable bonds is 3. The average molecular weight is 339 g/mol. The smallest absolute Gasteiger partial charge is 0.325 e. The first kappa shape index (κ1) is 19.9. The van der Waals surface area contributed by atoms with E-state index in [1.165, 1.54) is 6.07 Å². The van der Waals surface area contributed by atoms with Crippen molar-refractivity contribution in [2.75, 3.05) is 5.73 Å². The minimum atomic E-state index is -1.45. The maximum Gasteiger partial charge on any atom is 0.325 e. The molecule has 1 aromatic carbocycles. The van der Waals surface area contributed by atoms with Gasteiger partial charge in [0.2, 0.25) is 0 Å². The van der Waals surface area contributed by atoms with Crippen molar-refractivity contribution >= 4 is 17.6 Å². The topological polar surface area (TPSA) is 78.6 Å². The summed E-state index contributed by atoms with van der Waals surface area (Å²) in [5.74, 6) is -3.66. The summed E-state index contributed by atoms with van der Waals surface area (Å²) in [4.78, 5) is 25.1. The van der Waals surface area contributed by atoms with Crippen molar-refractivity contribution < 1.29 is 23.5 Å². The number of anilines is 1. The molecule has 0 heterocycles. The second-order valence-corrected chi connectivity index (χ2v) is 7.73. The van der Waals surface area contributed by atoms with Gasteiger partial charge in [0.15, 0.2) is 5.92 Å². The second kappa shape index (κ2) is 6.79. The van der Waals surface area contributed by atoms with E-state index in [1.54, 1.807) is 48.5 Å². The van der Waals surface area contributed by atoms with E-state index in [9.17, 15) is 14.0 Å². The number of ether oxygens (including phenoxy) is 2. The third-order valence-corrected chi connectivity index (χ3v) is 2.96. The summed E-state index contributed by atoms with van der Waals surface area (Å²) in [5, 5.41) is 0. The van der Waals surface area contributed by atoms with Gasteiger partial charge in [0, 0.05) is 11.3 Å². The molecule has 2 N–H and O–H groups in total. The van der Waals surface area contributed by atoms with Crippen molar-refractivity contribution in [1.29, 1.82) is 0 Å². The summed E-state index contributed by atoms with van der Waals surface area (Å²) >= 11 is 0. The largest absolute Gasteiger partial charge is 0.459 e. The molecule has 0 aliphatic heterocycles. The fraction of sp³-hybridized carbons (Fsp3) is 0.556. The monoisotopic (exact) mass is 339 g/mol. The summed E-state index contributed by atoms with van der Waals surface area (Å²) in [5.41, 5.74) is 4.79. The number of aryl methyl sites for hydroxylation is 1. The Labute approximate surface area is 142 Å². The van der Waals surface area contributed by atoms with Crippen molar-refractivity contribution in [2.24, 2.45) is 0 Å². The van der Waals surface area contributed by atoms with E-state index in [0.717, 1.165) is 6.07 Å². The van der Waals surface area contributed by atoms with Crippen LogP contribution in [0.3, 0.4) is 0 Å². The molecule has 1 aromatic rings. The molecule has 0 bridgehead atoms. The van der Waals surface area contributed by atoms with Crippen LogP contribution in [0, 0.1) is 12.7 Å². The minimum Gasteiger partial charge on any atom is -0.459 e. The molecule has 0 atom stereocenters. The Kier molecular flexibility index (Phi) is 5.64. The molecule has 0 radical (unpaired) electrons. The lowest BCUT2D eigenvalue weighted by Gasteiger charge is -2.27. The number of nitrogen functional groups attached to an aromatic ring is 1. The van der Waals surface area contributed by atoms with Gasteiger partial charge in [0.1, 0.15) is 17.0 Å². The van der Waals surface area contributed by atoms with Crippen LogP contribution in [0.1, 0.15) is 58.6 Å². The maximum absolute atomic E-state index is 14.0. The molecular weight excluding hydrogens is 313 g/mol. The molecule has 134 valence electrons. The number of esters is 2. The van der Waals surface area contributed by atoms with Crippen LogP contribution in [-0.2, 0) is 19.1 Å². The molecule has 0 aliphatic carbocycles. The molecular formula is C18H26FNO4. The predicted octanol–water partition coefficient (Wildman–Crippen LogP) is 3.48. The van der Waals surface area contributed by atoms with Gasteiger partial charge in [-0.1, -0.05) is 0 Å². The van der Waals surface area contributed by atoms with E-state index in [0.29, 0.717) is 5.56 Å². The molecule has 0 aliphatic rings. The number of carbonyl (C=O) groups is 2. The predicted molar refractivity (Wildman–Crippen MR) is 90.0 cm³/mol. The number of nitrogens with two attached hydrogens (primary N) is 1. The maximum atomic E-state index is 14.0. The van der Waals surface area contributed by atoms with Crippen molar-refractivity contribution in [3.05, 3.63) is 29.1 Å². The zero-order valence-corrected chi connectivity index (χ0v) is 15.3. The van der Waals surface area contributed by atoms with Crippen LogP contribution in [0.4, 0.5) is 10.1 Å². The molecule has 0 amide bonds. The van der Waals surface area contributed by atoms with Crippen molar-refractivity contribution in [3.8, 4) is 0 Å². The van der Waals surface area contributed by atoms with Crippen molar-refractivity contribution in [1.82, 2.24) is 0 Å². The molecule has 0 unspecified atom stereocenters. The highest BCUT2D eigenvalue weighted by molar-refractivity contribution is 6.02. The van der Waals surface area contributed by atoms with Crippen molar-refractivity contribution in [3.63, 3.8) is 0 Å². The summed E-state index contributed by atoms with van der Waals surface area (Å²) in [6, 6.07) is 2.47. The SMILES string of the molecule is Cc1cc(N)c(C(C(=O)OC(C)(C)C)C(=O)OC(C)(C)C)cc1F. The van der Waals surface area contributed by atoms with E-state index in [-0.39, 0.29) is 11.3 Å². The van der Waals surface area contributed by atoms with E-state index in [4.69, 9.17) is 15.2 Å². The Balaban J connectivity index is 3.36. The van der Waals surface area contributed by atoms with Gasteiger partial charge in [-0.15, -0.1) is 0 Å². The average Bonchev–Trinajstić information content (AvgIpc) is 2.31. The fourth-order valence-corrected chi connectivity index (χ4v) is 2.04. The summed E-state index contributed by atoms with van der Waals surface area (Å²) < 4.78 is 24.6. The summed E-state index contributed by atoms with van der Waals surface area (Å²) in [7, 11) is 0. The lowest BCUT2D eigenvalue weighted by Crippen LogP contribution is -2.36. The van der Waals surface area contributed by atoms with Crippen LogP contribution < -0.4 is 5.73 Å². The Morgan fingerprint density at radius 3 is 1.79 bits per heavy atom. The van der Waals surface area contributed by atoms with Crippen LogP contribution in [0.15, 0.2) is 12.1 Å². The van der Waals surface area contributed by atoms with Crippen LogP contribution in [-0.4, -0.2) is 23.1 Å². The number of hydrogen-bond acceptors (Lipinski definition) is 5.